The zero-order chi connectivity index (χ0) is 24.7. The molecule has 3 aromatic rings. The van der Waals surface area contributed by atoms with Crippen LogP contribution in [0.5, 0.6) is 5.75 Å². The standard InChI is InChI=1S/C28H24N4O3/c1-4-31-27(33)23(18(3)24(15-29)28(31)34)14-21-16-32(22-8-6-5-7-9-22)30-26(21)19-10-11-25-20(13-19)12-17(2)35-25/h5-11,13-14,16-17H,4,12H2,1-3H3/b23-14+. The van der Waals surface area contributed by atoms with Gasteiger partial charge in [0.2, 0.25) is 0 Å². The van der Waals surface area contributed by atoms with E-state index in [2.05, 4.69) is 6.07 Å². The zero-order valence-corrected chi connectivity index (χ0v) is 19.8. The number of para-hydroxylation sites is 1. The van der Waals surface area contributed by atoms with Gasteiger partial charge in [-0.15, -0.1) is 0 Å². The lowest BCUT2D eigenvalue weighted by Gasteiger charge is -2.26. The van der Waals surface area contributed by atoms with E-state index in [4.69, 9.17) is 9.84 Å². The number of carbonyl (C=O) groups excluding carboxylic acids is 2. The van der Waals surface area contributed by atoms with Crippen LogP contribution in [-0.4, -0.2) is 39.1 Å². The predicted molar refractivity (Wildman–Crippen MR) is 131 cm³/mol. The van der Waals surface area contributed by atoms with Crippen molar-refractivity contribution in [3.63, 3.8) is 0 Å². The molecule has 3 heterocycles. The number of aromatic nitrogens is 2. The molecule has 0 saturated carbocycles. The van der Waals surface area contributed by atoms with Crippen LogP contribution in [0.4, 0.5) is 0 Å². The fraction of sp³-hybridized carbons (Fsp3) is 0.214. The molecule has 0 radical (unpaired) electrons. The van der Waals surface area contributed by atoms with E-state index in [1.807, 2.05) is 61.7 Å². The molecule has 0 bridgehead atoms. The Labute approximate surface area is 203 Å². The number of nitrogens with zero attached hydrogens (tertiary/aromatic N) is 4. The van der Waals surface area contributed by atoms with Crippen molar-refractivity contribution < 1.29 is 14.3 Å². The summed E-state index contributed by atoms with van der Waals surface area (Å²) in [6, 6.07) is 17.7. The minimum atomic E-state index is -0.553. The van der Waals surface area contributed by atoms with Crippen molar-refractivity contribution in [2.24, 2.45) is 0 Å². The molecule has 7 nitrogen and oxygen atoms in total. The van der Waals surface area contributed by atoms with Gasteiger partial charge in [-0.1, -0.05) is 18.2 Å². The van der Waals surface area contributed by atoms with E-state index < -0.39 is 11.8 Å². The minimum absolute atomic E-state index is 0.0154. The largest absolute Gasteiger partial charge is 0.490 e. The summed E-state index contributed by atoms with van der Waals surface area (Å²) in [6.45, 7) is 5.59. The van der Waals surface area contributed by atoms with Crippen molar-refractivity contribution in [1.29, 1.82) is 5.26 Å². The third-order valence-corrected chi connectivity index (χ3v) is 6.37. The summed E-state index contributed by atoms with van der Waals surface area (Å²) in [5.41, 5.74) is 4.98. The van der Waals surface area contributed by atoms with Gasteiger partial charge in [0.25, 0.3) is 11.8 Å². The summed E-state index contributed by atoms with van der Waals surface area (Å²) in [5, 5.41) is 14.5. The van der Waals surface area contributed by atoms with E-state index in [1.165, 1.54) is 0 Å². The molecular formula is C28H24N4O3. The SMILES string of the molecule is CCN1C(=O)C(C#N)=C(C)/C(=C\c2cn(-c3ccccc3)nc2-c2ccc3c(c2)CC(C)O3)C1=O. The van der Waals surface area contributed by atoms with E-state index >= 15 is 0 Å². The second-order valence-corrected chi connectivity index (χ2v) is 8.69. The summed E-state index contributed by atoms with van der Waals surface area (Å²) in [6.07, 6.45) is 4.54. The van der Waals surface area contributed by atoms with Gasteiger partial charge in [-0.3, -0.25) is 14.5 Å². The molecule has 1 unspecified atom stereocenters. The average molecular weight is 465 g/mol. The molecule has 174 valence electrons. The van der Waals surface area contributed by atoms with Crippen LogP contribution < -0.4 is 4.74 Å². The summed E-state index contributed by atoms with van der Waals surface area (Å²) >= 11 is 0. The van der Waals surface area contributed by atoms with Gasteiger partial charge >= 0.3 is 0 Å². The number of benzene rings is 2. The number of hydrogen-bond acceptors (Lipinski definition) is 5. The first kappa shape index (κ1) is 22.4. The van der Waals surface area contributed by atoms with Crippen LogP contribution in [0.25, 0.3) is 23.0 Å². The van der Waals surface area contributed by atoms with Gasteiger partial charge in [0, 0.05) is 35.9 Å². The van der Waals surface area contributed by atoms with E-state index in [9.17, 15) is 14.9 Å². The highest BCUT2D eigenvalue weighted by Gasteiger charge is 2.34. The molecular weight excluding hydrogens is 440 g/mol. The zero-order valence-electron chi connectivity index (χ0n) is 19.8. The van der Waals surface area contributed by atoms with E-state index in [-0.39, 0.29) is 18.2 Å². The van der Waals surface area contributed by atoms with Gasteiger partial charge in [0.15, 0.2) is 0 Å². The lowest BCUT2D eigenvalue weighted by molar-refractivity contribution is -0.140. The highest BCUT2D eigenvalue weighted by atomic mass is 16.5. The molecule has 0 N–H and O–H groups in total. The molecule has 2 aliphatic rings. The molecule has 2 aliphatic heterocycles. The number of carbonyl (C=O) groups is 2. The average Bonchev–Trinajstić information content (AvgIpc) is 3.45. The lowest BCUT2D eigenvalue weighted by Crippen LogP contribution is -2.42. The van der Waals surface area contributed by atoms with Crippen molar-refractivity contribution in [3.05, 3.63) is 82.6 Å². The molecule has 5 rings (SSSR count). The molecule has 1 aromatic heterocycles. The van der Waals surface area contributed by atoms with E-state index in [0.29, 0.717) is 22.4 Å². The summed E-state index contributed by atoms with van der Waals surface area (Å²) in [4.78, 5) is 26.9. The molecule has 0 fully saturated rings. The summed E-state index contributed by atoms with van der Waals surface area (Å²) in [5.74, 6) is -0.0909. The number of rotatable bonds is 4. The third kappa shape index (κ3) is 3.83. The Morgan fingerprint density at radius 2 is 1.94 bits per heavy atom. The maximum atomic E-state index is 13.2. The van der Waals surface area contributed by atoms with Gasteiger partial charge in [0.05, 0.1) is 11.4 Å². The second kappa shape index (κ2) is 8.73. The molecule has 2 aromatic carbocycles. The first-order chi connectivity index (χ1) is 16.9. The molecule has 2 amide bonds. The van der Waals surface area contributed by atoms with Crippen molar-refractivity contribution in [2.45, 2.75) is 33.3 Å². The Balaban J connectivity index is 1.70. The van der Waals surface area contributed by atoms with Crippen LogP contribution in [-0.2, 0) is 16.0 Å². The predicted octanol–water partition coefficient (Wildman–Crippen LogP) is 4.47. The molecule has 0 spiro atoms. The fourth-order valence-corrected chi connectivity index (χ4v) is 4.57. The van der Waals surface area contributed by atoms with Crippen molar-refractivity contribution in [2.75, 3.05) is 6.54 Å². The van der Waals surface area contributed by atoms with E-state index in [1.54, 1.807) is 24.6 Å². The van der Waals surface area contributed by atoms with Gasteiger partial charge < -0.3 is 4.74 Å². The Hall–Kier alpha value is -4.44. The Bertz CT molecular complexity index is 1460. The minimum Gasteiger partial charge on any atom is -0.490 e. The summed E-state index contributed by atoms with van der Waals surface area (Å²) in [7, 11) is 0. The second-order valence-electron chi connectivity index (χ2n) is 8.69. The van der Waals surface area contributed by atoms with Gasteiger partial charge in [-0.05, 0) is 68.3 Å². The highest BCUT2D eigenvalue weighted by molar-refractivity contribution is 6.19. The quantitative estimate of drug-likeness (QED) is 0.420. The summed E-state index contributed by atoms with van der Waals surface area (Å²) < 4.78 is 7.63. The van der Waals surface area contributed by atoms with Crippen LogP contribution in [0.3, 0.4) is 0 Å². The monoisotopic (exact) mass is 464 g/mol. The Morgan fingerprint density at radius 3 is 2.66 bits per heavy atom. The number of nitriles is 1. The number of fused-ring (bicyclic) bond motifs is 1. The van der Waals surface area contributed by atoms with Gasteiger partial charge in [0.1, 0.15) is 23.5 Å². The number of amides is 2. The van der Waals surface area contributed by atoms with Crippen LogP contribution >= 0.6 is 0 Å². The van der Waals surface area contributed by atoms with Crippen LogP contribution in [0.2, 0.25) is 0 Å². The maximum absolute atomic E-state index is 13.2. The molecule has 0 saturated heterocycles. The van der Waals surface area contributed by atoms with Crippen LogP contribution in [0, 0.1) is 11.3 Å². The molecule has 0 aliphatic carbocycles. The Morgan fingerprint density at radius 1 is 1.17 bits per heavy atom. The van der Waals surface area contributed by atoms with Crippen molar-refractivity contribution in [1.82, 2.24) is 14.7 Å². The fourth-order valence-electron chi connectivity index (χ4n) is 4.57. The lowest BCUT2D eigenvalue weighted by atomic mass is 9.93. The number of likely N-dealkylation sites (N-methyl/N-ethyl adjacent to an activating group) is 1. The molecule has 1 atom stereocenters. The Kier molecular flexibility index (Phi) is 5.58. The van der Waals surface area contributed by atoms with Crippen LogP contribution in [0.15, 0.2) is 71.4 Å². The van der Waals surface area contributed by atoms with Gasteiger partial charge in [-0.25, -0.2) is 4.68 Å². The number of imide groups is 1. The normalized spacial score (nSPS) is 18.6. The van der Waals surface area contributed by atoms with Crippen molar-refractivity contribution >= 4 is 17.9 Å². The smallest absolute Gasteiger partial charge is 0.271 e. The van der Waals surface area contributed by atoms with Crippen LogP contribution in [0.1, 0.15) is 31.9 Å². The van der Waals surface area contributed by atoms with E-state index in [0.717, 1.165) is 33.9 Å². The number of ether oxygens (including phenoxy) is 1. The highest BCUT2D eigenvalue weighted by Crippen LogP contribution is 2.35. The molecule has 7 heteroatoms. The number of hydrogen-bond donors (Lipinski definition) is 0. The topological polar surface area (TPSA) is 88.2 Å². The van der Waals surface area contributed by atoms with Gasteiger partial charge in [-0.2, -0.15) is 10.4 Å². The third-order valence-electron chi connectivity index (χ3n) is 6.37. The maximum Gasteiger partial charge on any atom is 0.271 e. The first-order valence-electron chi connectivity index (χ1n) is 11.6. The first-order valence-corrected chi connectivity index (χ1v) is 11.6. The molecule has 35 heavy (non-hydrogen) atoms. The van der Waals surface area contributed by atoms with Crippen molar-refractivity contribution in [3.8, 4) is 28.8 Å².